The number of aryl methyl sites for hydroxylation is 2. The summed E-state index contributed by atoms with van der Waals surface area (Å²) in [5.41, 5.74) is 3.88. The molecule has 0 bridgehead atoms. The Morgan fingerprint density at radius 3 is 2.52 bits per heavy atom. The summed E-state index contributed by atoms with van der Waals surface area (Å²) in [6, 6.07) is 11.1. The highest BCUT2D eigenvalue weighted by Crippen LogP contribution is 2.34. The molecule has 0 fully saturated rings. The molecule has 11 nitrogen and oxygen atoms in total. The molecule has 4 aromatic rings. The van der Waals surface area contributed by atoms with Gasteiger partial charge < -0.3 is 24.4 Å². The number of nitro groups is 1. The quantitative estimate of drug-likeness (QED) is 0.162. The highest BCUT2D eigenvalue weighted by molar-refractivity contribution is 5.94. The third kappa shape index (κ3) is 6.04. The molecule has 2 heterocycles. The van der Waals surface area contributed by atoms with E-state index in [1.54, 1.807) is 19.9 Å². The van der Waals surface area contributed by atoms with Crippen LogP contribution in [0.15, 0.2) is 48.8 Å². The Labute approximate surface area is 233 Å². The molecular weight excluding hydrogens is 510 g/mol. The lowest BCUT2D eigenvalue weighted by Crippen LogP contribution is -2.29. The minimum atomic E-state index is -0.538. The molecule has 0 unspecified atom stereocenters. The van der Waals surface area contributed by atoms with Crippen LogP contribution in [0.1, 0.15) is 35.3 Å². The van der Waals surface area contributed by atoms with Gasteiger partial charge in [0.15, 0.2) is 5.82 Å². The van der Waals surface area contributed by atoms with E-state index in [0.29, 0.717) is 23.7 Å². The first kappa shape index (κ1) is 28.5. The average molecular weight is 546 g/mol. The zero-order valence-corrected chi connectivity index (χ0v) is 23.9. The molecule has 0 radical (unpaired) electrons. The van der Waals surface area contributed by atoms with Gasteiger partial charge in [0.25, 0.3) is 5.69 Å². The number of likely N-dealkylation sites (N-methyl/N-ethyl adjacent to an activating group) is 2. The van der Waals surface area contributed by atoms with Gasteiger partial charge in [-0.2, -0.15) is 4.98 Å². The van der Waals surface area contributed by atoms with E-state index in [1.807, 2.05) is 79.8 Å². The average Bonchev–Trinajstić information content (AvgIpc) is 3.24. The summed E-state index contributed by atoms with van der Waals surface area (Å²) in [5.74, 6) is 0.00111. The number of carbonyl (C=O) groups excluding carboxylic acids is 1. The van der Waals surface area contributed by atoms with E-state index in [4.69, 9.17) is 9.72 Å². The minimum Gasteiger partial charge on any atom is -0.459 e. The lowest BCUT2D eigenvalue weighted by Gasteiger charge is -2.22. The van der Waals surface area contributed by atoms with Crippen LogP contribution in [-0.4, -0.2) is 70.7 Å². The number of nitro benzene ring substituents is 1. The SMILES string of the molecule is Cc1cc(N(C)CCN(C)C)c([N+](=O)[O-])cc1Nc1ncc(C(=O)OC(C)C)c(-n2cc(C)c3ccccc32)n1. The van der Waals surface area contributed by atoms with Crippen molar-refractivity contribution < 1.29 is 14.5 Å². The van der Waals surface area contributed by atoms with Crippen molar-refractivity contribution in [3.05, 3.63) is 75.6 Å². The molecule has 2 aromatic carbocycles. The van der Waals surface area contributed by atoms with Gasteiger partial charge in [-0.05, 0) is 65.0 Å². The van der Waals surface area contributed by atoms with Crippen molar-refractivity contribution in [3.8, 4) is 5.82 Å². The van der Waals surface area contributed by atoms with Crippen LogP contribution in [0.3, 0.4) is 0 Å². The molecular formula is C29H35N7O4. The van der Waals surface area contributed by atoms with Crippen LogP contribution in [0.25, 0.3) is 16.7 Å². The number of anilines is 3. The molecule has 40 heavy (non-hydrogen) atoms. The lowest BCUT2D eigenvalue weighted by atomic mass is 10.1. The number of rotatable bonds is 10. The zero-order chi connectivity index (χ0) is 29.1. The fraction of sp³-hybridized carbons (Fsp3) is 0.345. The highest BCUT2D eigenvalue weighted by atomic mass is 16.6. The number of fused-ring (bicyclic) bond motifs is 1. The van der Waals surface area contributed by atoms with Gasteiger partial charge in [0.1, 0.15) is 11.3 Å². The number of aromatic nitrogens is 3. The number of carbonyl (C=O) groups is 1. The number of nitrogens with zero attached hydrogens (tertiary/aromatic N) is 6. The molecule has 0 saturated carbocycles. The maximum absolute atomic E-state index is 13.0. The van der Waals surface area contributed by atoms with Crippen molar-refractivity contribution in [1.29, 1.82) is 0 Å². The minimum absolute atomic E-state index is 0.0289. The van der Waals surface area contributed by atoms with Gasteiger partial charge in [-0.25, -0.2) is 9.78 Å². The van der Waals surface area contributed by atoms with E-state index in [2.05, 4.69) is 10.3 Å². The second-order valence-corrected chi connectivity index (χ2v) is 10.3. The number of hydrogen-bond acceptors (Lipinski definition) is 9. The van der Waals surface area contributed by atoms with E-state index >= 15 is 0 Å². The van der Waals surface area contributed by atoms with Gasteiger partial charge in [-0.1, -0.05) is 18.2 Å². The van der Waals surface area contributed by atoms with Gasteiger partial charge >= 0.3 is 5.97 Å². The molecule has 0 saturated heterocycles. The molecule has 0 aliphatic heterocycles. The first-order chi connectivity index (χ1) is 19.0. The lowest BCUT2D eigenvalue weighted by molar-refractivity contribution is -0.384. The monoisotopic (exact) mass is 545 g/mol. The summed E-state index contributed by atoms with van der Waals surface area (Å²) in [6.45, 7) is 8.80. The molecule has 11 heteroatoms. The van der Waals surface area contributed by atoms with E-state index in [1.165, 1.54) is 12.3 Å². The van der Waals surface area contributed by atoms with Gasteiger partial charge in [0, 0.05) is 44.0 Å². The predicted octanol–water partition coefficient (Wildman–Crippen LogP) is 5.25. The molecule has 0 spiro atoms. The normalized spacial score (nSPS) is 11.3. The van der Waals surface area contributed by atoms with E-state index in [0.717, 1.165) is 28.6 Å². The Hall–Kier alpha value is -4.51. The first-order valence-electron chi connectivity index (χ1n) is 13.0. The molecule has 210 valence electrons. The Morgan fingerprint density at radius 2 is 1.85 bits per heavy atom. The fourth-order valence-electron chi connectivity index (χ4n) is 4.42. The Balaban J connectivity index is 1.78. The molecule has 1 N–H and O–H groups in total. The summed E-state index contributed by atoms with van der Waals surface area (Å²) < 4.78 is 7.31. The number of para-hydroxylation sites is 1. The number of ether oxygens (including phenoxy) is 1. The van der Waals surface area contributed by atoms with Crippen molar-refractivity contribution in [1.82, 2.24) is 19.4 Å². The third-order valence-electron chi connectivity index (χ3n) is 6.53. The van der Waals surface area contributed by atoms with Gasteiger partial charge in [-0.3, -0.25) is 10.1 Å². The van der Waals surface area contributed by atoms with Crippen LogP contribution in [-0.2, 0) is 4.74 Å². The van der Waals surface area contributed by atoms with Gasteiger partial charge in [0.2, 0.25) is 5.95 Å². The van der Waals surface area contributed by atoms with Crippen molar-refractivity contribution in [2.45, 2.75) is 33.8 Å². The summed E-state index contributed by atoms with van der Waals surface area (Å²) in [5, 5.41) is 16.2. The van der Waals surface area contributed by atoms with Gasteiger partial charge in [-0.15, -0.1) is 0 Å². The van der Waals surface area contributed by atoms with Crippen molar-refractivity contribution in [2.75, 3.05) is 44.4 Å². The fourth-order valence-corrected chi connectivity index (χ4v) is 4.42. The Morgan fingerprint density at radius 1 is 1.12 bits per heavy atom. The maximum Gasteiger partial charge on any atom is 0.343 e. The van der Waals surface area contributed by atoms with Crippen LogP contribution in [0.2, 0.25) is 0 Å². The first-order valence-corrected chi connectivity index (χ1v) is 13.0. The summed E-state index contributed by atoms with van der Waals surface area (Å²) in [4.78, 5) is 37.6. The van der Waals surface area contributed by atoms with Crippen LogP contribution in [0, 0.1) is 24.0 Å². The number of hydrogen-bond donors (Lipinski definition) is 1. The molecule has 2 aromatic heterocycles. The third-order valence-corrected chi connectivity index (χ3v) is 6.53. The van der Waals surface area contributed by atoms with Crippen molar-refractivity contribution in [2.24, 2.45) is 0 Å². The molecule has 0 aliphatic carbocycles. The van der Waals surface area contributed by atoms with Crippen LogP contribution >= 0.6 is 0 Å². The topological polar surface area (TPSA) is 119 Å². The summed E-state index contributed by atoms with van der Waals surface area (Å²) in [7, 11) is 5.76. The van der Waals surface area contributed by atoms with Crippen LogP contribution in [0.5, 0.6) is 0 Å². The predicted molar refractivity (Wildman–Crippen MR) is 157 cm³/mol. The Kier molecular flexibility index (Phi) is 8.34. The standard InChI is InChI=1S/C29H35N7O4/c1-18(2)40-28(37)22-16-30-29(32-27(22)35-17-20(4)21-10-8-9-11-24(21)35)31-23-15-26(36(38)39)25(14-19(23)3)34(7)13-12-33(5)6/h8-11,14-18H,12-13H2,1-7H3,(H,30,31,32). The van der Waals surface area contributed by atoms with Crippen molar-refractivity contribution >= 4 is 39.9 Å². The summed E-state index contributed by atoms with van der Waals surface area (Å²) >= 11 is 0. The van der Waals surface area contributed by atoms with Gasteiger partial charge in [0.05, 0.1) is 22.2 Å². The van der Waals surface area contributed by atoms with E-state index < -0.39 is 10.9 Å². The number of esters is 1. The smallest absolute Gasteiger partial charge is 0.343 e. The number of benzene rings is 2. The zero-order valence-electron chi connectivity index (χ0n) is 23.9. The molecule has 0 aliphatic rings. The van der Waals surface area contributed by atoms with Crippen LogP contribution in [0.4, 0.5) is 23.0 Å². The second kappa shape index (κ2) is 11.7. The van der Waals surface area contributed by atoms with Crippen molar-refractivity contribution in [3.63, 3.8) is 0 Å². The largest absolute Gasteiger partial charge is 0.459 e. The second-order valence-electron chi connectivity index (χ2n) is 10.3. The van der Waals surface area contributed by atoms with E-state index in [9.17, 15) is 14.9 Å². The Bertz CT molecular complexity index is 1560. The molecule has 0 atom stereocenters. The highest BCUT2D eigenvalue weighted by Gasteiger charge is 2.23. The summed E-state index contributed by atoms with van der Waals surface area (Å²) in [6.07, 6.45) is 3.02. The molecule has 4 rings (SSSR count). The van der Waals surface area contributed by atoms with Crippen LogP contribution < -0.4 is 10.2 Å². The molecule has 0 amide bonds. The maximum atomic E-state index is 13.0. The van der Waals surface area contributed by atoms with E-state index in [-0.39, 0.29) is 23.3 Å². The number of nitrogens with one attached hydrogen (secondary N) is 1.